The van der Waals surface area contributed by atoms with E-state index in [1.165, 1.54) is 5.06 Å². The minimum absolute atomic E-state index is 0.0689. The van der Waals surface area contributed by atoms with Gasteiger partial charge in [-0.3, -0.25) is 0 Å². The first-order valence-electron chi connectivity index (χ1n) is 7.12. The molecule has 0 bridgehead atoms. The first kappa shape index (κ1) is 16.2. The van der Waals surface area contributed by atoms with Gasteiger partial charge in [-0.1, -0.05) is 20.8 Å². The number of nitrogens with zero attached hydrogens (tertiary/aromatic N) is 1. The number of hydrogen-bond acceptors (Lipinski definition) is 4. The highest BCUT2D eigenvalue weighted by atomic mass is 16.6. The van der Waals surface area contributed by atoms with E-state index in [-0.39, 0.29) is 23.1 Å². The molecule has 5 heteroatoms. The van der Waals surface area contributed by atoms with Crippen LogP contribution < -0.4 is 5.32 Å². The molecule has 0 aromatic rings. The molecule has 112 valence electrons. The van der Waals surface area contributed by atoms with Crippen molar-refractivity contribution >= 4 is 6.09 Å². The second-order valence-electron chi connectivity index (χ2n) is 6.06. The van der Waals surface area contributed by atoms with Crippen molar-refractivity contribution in [3.63, 3.8) is 0 Å². The van der Waals surface area contributed by atoms with Gasteiger partial charge in [0.2, 0.25) is 0 Å². The second-order valence-corrected chi connectivity index (χ2v) is 6.06. The van der Waals surface area contributed by atoms with Gasteiger partial charge in [0, 0.05) is 30.5 Å². The van der Waals surface area contributed by atoms with Crippen LogP contribution in [0.1, 0.15) is 53.9 Å². The van der Waals surface area contributed by atoms with Crippen molar-refractivity contribution in [2.75, 3.05) is 7.05 Å². The van der Waals surface area contributed by atoms with E-state index in [0.29, 0.717) is 6.42 Å². The molecule has 1 amide bonds. The van der Waals surface area contributed by atoms with E-state index in [1.807, 2.05) is 27.7 Å². The van der Waals surface area contributed by atoms with Gasteiger partial charge in [-0.05, 0) is 26.7 Å². The molecule has 19 heavy (non-hydrogen) atoms. The first-order valence-corrected chi connectivity index (χ1v) is 7.12. The normalized spacial score (nSPS) is 39.9. The lowest BCUT2D eigenvalue weighted by atomic mass is 9.69. The highest BCUT2D eigenvalue weighted by Gasteiger charge is 2.53. The molecule has 4 atom stereocenters. The minimum atomic E-state index is -0.403. The molecule has 0 saturated carbocycles. The van der Waals surface area contributed by atoms with E-state index >= 15 is 0 Å². The van der Waals surface area contributed by atoms with E-state index in [1.54, 1.807) is 7.05 Å². The van der Waals surface area contributed by atoms with Crippen molar-refractivity contribution < 1.29 is 14.7 Å². The highest BCUT2D eigenvalue weighted by molar-refractivity contribution is 5.66. The number of piperidine rings is 1. The maximum absolute atomic E-state index is 11.5. The number of carbonyl (C=O) groups excluding carboxylic acids is 1. The van der Waals surface area contributed by atoms with Gasteiger partial charge in [-0.15, -0.1) is 0 Å². The smallest absolute Gasteiger partial charge is 0.407 e. The number of alkyl carbamates (subject to hydrolysis) is 1. The average molecular weight is 272 g/mol. The van der Waals surface area contributed by atoms with Crippen LogP contribution >= 0.6 is 0 Å². The third kappa shape index (κ3) is 2.72. The van der Waals surface area contributed by atoms with E-state index in [0.717, 1.165) is 12.8 Å². The molecule has 0 aromatic heterocycles. The zero-order valence-corrected chi connectivity index (χ0v) is 13.0. The molecule has 1 aliphatic heterocycles. The fraction of sp³-hybridized carbons (Fsp3) is 0.929. The van der Waals surface area contributed by atoms with Crippen molar-refractivity contribution in [2.45, 2.75) is 71.1 Å². The molecule has 1 heterocycles. The highest BCUT2D eigenvalue weighted by Crippen LogP contribution is 2.45. The van der Waals surface area contributed by atoms with Crippen molar-refractivity contribution in [1.29, 1.82) is 0 Å². The van der Waals surface area contributed by atoms with E-state index < -0.39 is 6.09 Å². The molecule has 0 spiro atoms. The molecular weight excluding hydrogens is 244 g/mol. The maximum Gasteiger partial charge on any atom is 0.407 e. The molecule has 1 saturated heterocycles. The van der Waals surface area contributed by atoms with Crippen molar-refractivity contribution in [2.24, 2.45) is 5.92 Å². The number of ether oxygens (including phenoxy) is 1. The van der Waals surface area contributed by atoms with Crippen LogP contribution in [0.3, 0.4) is 0 Å². The van der Waals surface area contributed by atoms with Gasteiger partial charge >= 0.3 is 6.09 Å². The number of amides is 1. The first-order chi connectivity index (χ1) is 8.75. The van der Waals surface area contributed by atoms with Crippen molar-refractivity contribution in [3.05, 3.63) is 0 Å². The number of nitrogens with one attached hydrogen (secondary N) is 1. The Kier molecular flexibility index (Phi) is 4.85. The summed E-state index contributed by atoms with van der Waals surface area (Å²) in [5.74, 6) is 0.0689. The molecule has 1 aliphatic rings. The number of carbonyl (C=O) groups is 1. The zero-order valence-electron chi connectivity index (χ0n) is 13.0. The molecule has 1 rings (SSSR count). The molecule has 1 fully saturated rings. The lowest BCUT2D eigenvalue weighted by molar-refractivity contribution is -0.286. The number of hydrogen-bond donors (Lipinski definition) is 2. The Hall–Kier alpha value is -0.810. The molecule has 0 aliphatic carbocycles. The standard InChI is InChI=1S/C14H28N2O3/c1-7-13(4)9-11(19-12(17)15-6)10(3)14(5,8-2)16(13)18/h10-11,18H,7-9H2,1-6H3,(H,15,17). The summed E-state index contributed by atoms with van der Waals surface area (Å²) in [5.41, 5.74) is -0.752. The summed E-state index contributed by atoms with van der Waals surface area (Å²) in [4.78, 5) is 11.5. The van der Waals surface area contributed by atoms with Crippen molar-refractivity contribution in [3.8, 4) is 0 Å². The summed E-state index contributed by atoms with van der Waals surface area (Å²) >= 11 is 0. The van der Waals surface area contributed by atoms with Gasteiger partial charge in [0.1, 0.15) is 6.10 Å². The average Bonchev–Trinajstić information content (AvgIpc) is 2.42. The summed E-state index contributed by atoms with van der Waals surface area (Å²) in [5, 5.41) is 14.6. The van der Waals surface area contributed by atoms with Crippen molar-refractivity contribution in [1.82, 2.24) is 10.4 Å². The molecule has 4 unspecified atom stereocenters. The topological polar surface area (TPSA) is 61.8 Å². The third-order valence-corrected chi connectivity index (χ3v) is 5.11. The monoisotopic (exact) mass is 272 g/mol. The Morgan fingerprint density at radius 1 is 1.42 bits per heavy atom. The van der Waals surface area contributed by atoms with Crippen LogP contribution in [-0.2, 0) is 4.74 Å². The number of rotatable bonds is 3. The maximum atomic E-state index is 11.5. The predicted octanol–water partition coefficient (Wildman–Crippen LogP) is 2.78. The zero-order chi connectivity index (χ0) is 14.8. The molecule has 2 N–H and O–H groups in total. The van der Waals surface area contributed by atoms with Gasteiger partial charge in [-0.2, -0.15) is 5.06 Å². The molecular formula is C14H28N2O3. The summed E-state index contributed by atoms with van der Waals surface area (Å²) < 4.78 is 5.51. The second kappa shape index (κ2) is 5.67. The van der Waals surface area contributed by atoms with Crippen LogP contribution in [0.2, 0.25) is 0 Å². The lowest BCUT2D eigenvalue weighted by Gasteiger charge is -2.56. The van der Waals surface area contributed by atoms with Gasteiger partial charge in [0.15, 0.2) is 0 Å². The summed E-state index contributed by atoms with van der Waals surface area (Å²) in [6.07, 6.45) is 1.66. The molecule has 0 radical (unpaired) electrons. The fourth-order valence-electron chi connectivity index (χ4n) is 3.01. The van der Waals surface area contributed by atoms with E-state index in [2.05, 4.69) is 12.2 Å². The third-order valence-electron chi connectivity index (χ3n) is 5.11. The quantitative estimate of drug-likeness (QED) is 0.829. The number of hydroxylamine groups is 2. The summed E-state index contributed by atoms with van der Waals surface area (Å²) in [6, 6.07) is 0. The van der Waals surface area contributed by atoms with Gasteiger partial charge in [0.25, 0.3) is 0 Å². The van der Waals surface area contributed by atoms with E-state index in [9.17, 15) is 10.0 Å². The Morgan fingerprint density at radius 2 is 2.00 bits per heavy atom. The Labute approximate surface area is 116 Å². The van der Waals surface area contributed by atoms with Crippen LogP contribution in [0.25, 0.3) is 0 Å². The van der Waals surface area contributed by atoms with E-state index in [4.69, 9.17) is 4.74 Å². The van der Waals surface area contributed by atoms with Crippen LogP contribution in [-0.4, -0.2) is 40.6 Å². The molecule has 5 nitrogen and oxygen atoms in total. The predicted molar refractivity (Wildman–Crippen MR) is 74.1 cm³/mol. The van der Waals surface area contributed by atoms with Gasteiger partial charge < -0.3 is 15.3 Å². The lowest BCUT2D eigenvalue weighted by Crippen LogP contribution is -2.67. The van der Waals surface area contributed by atoms with Crippen LogP contribution in [0.15, 0.2) is 0 Å². The minimum Gasteiger partial charge on any atom is -0.446 e. The SMILES string of the molecule is CCC1(C)CC(OC(=O)NC)C(C)C(C)(CC)N1O. The molecule has 0 aromatic carbocycles. The van der Waals surface area contributed by atoms with Gasteiger partial charge in [-0.25, -0.2) is 4.79 Å². The van der Waals surface area contributed by atoms with Crippen LogP contribution in [0, 0.1) is 5.92 Å². The fourth-order valence-corrected chi connectivity index (χ4v) is 3.01. The Bertz CT molecular complexity index is 337. The largest absolute Gasteiger partial charge is 0.446 e. The summed E-state index contributed by atoms with van der Waals surface area (Å²) in [7, 11) is 1.56. The summed E-state index contributed by atoms with van der Waals surface area (Å²) in [6.45, 7) is 10.2. The Morgan fingerprint density at radius 3 is 2.42 bits per heavy atom. The Balaban J connectivity index is 3.05. The van der Waals surface area contributed by atoms with Crippen LogP contribution in [0.5, 0.6) is 0 Å². The van der Waals surface area contributed by atoms with Gasteiger partial charge in [0.05, 0.1) is 0 Å². The van der Waals surface area contributed by atoms with Crippen LogP contribution in [0.4, 0.5) is 4.79 Å².